The zero-order valence-electron chi connectivity index (χ0n) is 10.7. The summed E-state index contributed by atoms with van der Waals surface area (Å²) in [4.78, 5) is 4.84. The number of rotatable bonds is 4. The third kappa shape index (κ3) is 3.16. The Morgan fingerprint density at radius 2 is 2.32 bits per heavy atom. The second-order valence-electron chi connectivity index (χ2n) is 3.89. The van der Waals surface area contributed by atoms with Gasteiger partial charge in [-0.25, -0.2) is 14.6 Å². The third-order valence-electron chi connectivity index (χ3n) is 2.70. The van der Waals surface area contributed by atoms with Crippen molar-refractivity contribution >= 4 is 24.1 Å². The Morgan fingerprint density at radius 3 is 2.84 bits per heavy atom. The normalized spacial score (nSPS) is 11.6. The molecular weight excluding hydrogens is 267 g/mol. The summed E-state index contributed by atoms with van der Waals surface area (Å²) in [5, 5.41) is 8.60. The first kappa shape index (κ1) is 15.3. The maximum absolute atomic E-state index is 13.9. The number of hydrogen-bond acceptors (Lipinski definition) is 5. The van der Waals surface area contributed by atoms with E-state index in [2.05, 4.69) is 4.98 Å². The van der Waals surface area contributed by atoms with Gasteiger partial charge in [0.05, 0.1) is 5.70 Å². The highest BCUT2D eigenvalue weighted by Crippen LogP contribution is 2.23. The van der Waals surface area contributed by atoms with Gasteiger partial charge in [0, 0.05) is 23.4 Å². The van der Waals surface area contributed by atoms with Crippen molar-refractivity contribution in [2.45, 2.75) is 20.2 Å². The van der Waals surface area contributed by atoms with Crippen molar-refractivity contribution in [1.82, 2.24) is 9.90 Å². The molecule has 8 heteroatoms. The van der Waals surface area contributed by atoms with E-state index in [-0.39, 0.29) is 16.4 Å². The van der Waals surface area contributed by atoms with E-state index in [1.54, 1.807) is 6.82 Å². The quantitative estimate of drug-likeness (QED) is 0.380. The van der Waals surface area contributed by atoms with Gasteiger partial charge in [0.2, 0.25) is 0 Å². The molecule has 5 nitrogen and oxygen atoms in total. The lowest BCUT2D eigenvalue weighted by Gasteiger charge is -2.24. The Labute approximate surface area is 116 Å². The lowest BCUT2D eigenvalue weighted by atomic mass is 9.66. The number of halogens is 2. The standard InChI is InChI=1S/C11H14BClFN5/c1-3-8(19(17)12(2)6-15)10(16)7-4-5-18-11(13)9(7)14/h4-5H,3,16-17H2,1-2H3/b10-8-. The Hall–Kier alpha value is -1.78. The van der Waals surface area contributed by atoms with Crippen LogP contribution in [0.5, 0.6) is 0 Å². The molecule has 100 valence electrons. The van der Waals surface area contributed by atoms with E-state index < -0.39 is 12.7 Å². The molecule has 19 heavy (non-hydrogen) atoms. The summed E-state index contributed by atoms with van der Waals surface area (Å²) >= 11 is 5.61. The smallest absolute Gasteiger partial charge is 0.389 e. The van der Waals surface area contributed by atoms with E-state index in [1.807, 2.05) is 12.9 Å². The minimum atomic E-state index is -0.703. The number of nitrogens with zero attached hydrogens (tertiary/aromatic N) is 3. The highest BCUT2D eigenvalue weighted by atomic mass is 35.5. The van der Waals surface area contributed by atoms with Crippen LogP contribution in [0.4, 0.5) is 4.39 Å². The molecule has 0 bridgehead atoms. The minimum absolute atomic E-state index is 0.123. The van der Waals surface area contributed by atoms with E-state index in [0.717, 1.165) is 0 Å². The van der Waals surface area contributed by atoms with E-state index in [0.29, 0.717) is 12.1 Å². The van der Waals surface area contributed by atoms with Crippen LogP contribution in [-0.4, -0.2) is 16.8 Å². The van der Waals surface area contributed by atoms with Crippen LogP contribution in [0, 0.1) is 17.0 Å². The molecule has 1 aromatic rings. The maximum Gasteiger partial charge on any atom is 0.389 e. The second kappa shape index (κ2) is 6.41. The Bertz CT molecular complexity index is 542. The molecule has 0 aliphatic rings. The van der Waals surface area contributed by atoms with Crippen molar-refractivity contribution in [2.75, 3.05) is 0 Å². The molecule has 0 amide bonds. The molecule has 0 spiro atoms. The first-order chi connectivity index (χ1) is 8.93. The molecular formula is C11H14BClFN5. The zero-order chi connectivity index (χ0) is 14.6. The van der Waals surface area contributed by atoms with Crippen LogP contribution < -0.4 is 11.6 Å². The van der Waals surface area contributed by atoms with Crippen molar-refractivity contribution < 1.29 is 4.39 Å². The molecule has 0 unspecified atom stereocenters. The molecule has 0 fully saturated rings. The zero-order valence-corrected chi connectivity index (χ0v) is 11.4. The SMILES string of the molecule is CC/C(=C(/N)c1ccnc(Cl)c1F)N(N)B(C)C#N. The lowest BCUT2D eigenvalue weighted by molar-refractivity contribution is 0.548. The molecule has 1 aromatic heterocycles. The highest BCUT2D eigenvalue weighted by molar-refractivity contribution is 6.62. The molecule has 0 aliphatic heterocycles. The monoisotopic (exact) mass is 281 g/mol. The van der Waals surface area contributed by atoms with Crippen molar-refractivity contribution in [3.8, 4) is 5.97 Å². The van der Waals surface area contributed by atoms with Crippen LogP contribution in [0.15, 0.2) is 18.0 Å². The minimum Gasteiger partial charge on any atom is -0.397 e. The molecule has 1 heterocycles. The van der Waals surface area contributed by atoms with Gasteiger partial charge in [0.1, 0.15) is 0 Å². The topological polar surface area (TPSA) is 92.0 Å². The van der Waals surface area contributed by atoms with Gasteiger partial charge in [-0.15, -0.1) is 0 Å². The number of aromatic nitrogens is 1. The molecule has 0 saturated heterocycles. The van der Waals surface area contributed by atoms with E-state index in [1.165, 1.54) is 17.2 Å². The van der Waals surface area contributed by atoms with E-state index >= 15 is 0 Å². The fourth-order valence-corrected chi connectivity index (χ4v) is 1.75. The molecule has 0 saturated carbocycles. The van der Waals surface area contributed by atoms with Gasteiger partial charge in [0.15, 0.2) is 11.0 Å². The number of hydrogen-bond donors (Lipinski definition) is 2. The predicted octanol–water partition coefficient (Wildman–Crippen LogP) is 1.77. The first-order valence-electron chi connectivity index (χ1n) is 5.66. The average molecular weight is 282 g/mol. The second-order valence-corrected chi connectivity index (χ2v) is 4.25. The first-order valence-corrected chi connectivity index (χ1v) is 6.04. The number of hydrazine groups is 1. The summed E-state index contributed by atoms with van der Waals surface area (Å²) in [5.41, 5.74) is 6.67. The van der Waals surface area contributed by atoms with Gasteiger partial charge >= 0.3 is 6.85 Å². The lowest BCUT2D eigenvalue weighted by Crippen LogP contribution is -2.42. The van der Waals surface area contributed by atoms with Crippen LogP contribution >= 0.6 is 11.6 Å². The summed E-state index contributed by atoms with van der Waals surface area (Å²) in [6.07, 6.45) is 1.81. The van der Waals surface area contributed by atoms with Crippen LogP contribution in [0.1, 0.15) is 18.9 Å². The molecule has 0 radical (unpaired) electrons. The molecule has 0 atom stereocenters. The van der Waals surface area contributed by atoms with Crippen molar-refractivity contribution in [1.29, 1.82) is 5.26 Å². The van der Waals surface area contributed by atoms with Gasteiger partial charge in [-0.1, -0.05) is 18.5 Å². The van der Waals surface area contributed by atoms with E-state index in [4.69, 9.17) is 28.4 Å². The Morgan fingerprint density at radius 1 is 1.68 bits per heavy atom. The van der Waals surface area contributed by atoms with Crippen molar-refractivity contribution in [3.63, 3.8) is 0 Å². The number of nitriles is 1. The highest BCUT2D eigenvalue weighted by Gasteiger charge is 2.21. The third-order valence-corrected chi connectivity index (χ3v) is 2.96. The molecule has 0 aliphatic carbocycles. The van der Waals surface area contributed by atoms with Gasteiger partial charge in [-0.3, -0.25) is 5.84 Å². The van der Waals surface area contributed by atoms with E-state index in [9.17, 15) is 4.39 Å². The van der Waals surface area contributed by atoms with Gasteiger partial charge < -0.3 is 10.7 Å². The summed E-state index contributed by atoms with van der Waals surface area (Å²) in [7, 11) is 0. The number of nitrogens with two attached hydrogens (primary N) is 2. The van der Waals surface area contributed by atoms with Gasteiger partial charge in [-0.05, 0) is 19.3 Å². The Kier molecular flexibility index (Phi) is 5.15. The Balaban J connectivity index is 3.33. The largest absolute Gasteiger partial charge is 0.397 e. The van der Waals surface area contributed by atoms with Gasteiger partial charge in [0.25, 0.3) is 0 Å². The average Bonchev–Trinajstić information content (AvgIpc) is 2.41. The van der Waals surface area contributed by atoms with Crippen LogP contribution in [0.2, 0.25) is 12.0 Å². The molecule has 4 N–H and O–H groups in total. The van der Waals surface area contributed by atoms with Gasteiger partial charge in [-0.2, -0.15) is 0 Å². The summed E-state index contributed by atoms with van der Waals surface area (Å²) in [6, 6.07) is 1.41. The van der Waals surface area contributed by atoms with Crippen LogP contribution in [-0.2, 0) is 0 Å². The number of allylic oxidation sites excluding steroid dienone is 1. The summed E-state index contributed by atoms with van der Waals surface area (Å²) < 4.78 is 13.9. The maximum atomic E-state index is 13.9. The fourth-order valence-electron chi connectivity index (χ4n) is 1.59. The summed E-state index contributed by atoms with van der Waals surface area (Å²) in [5.74, 6) is 7.10. The molecule has 1 rings (SSSR count). The fraction of sp³-hybridized carbons (Fsp3) is 0.273. The predicted molar refractivity (Wildman–Crippen MR) is 73.9 cm³/mol. The van der Waals surface area contributed by atoms with Crippen molar-refractivity contribution in [3.05, 3.63) is 34.5 Å². The molecule has 0 aromatic carbocycles. The van der Waals surface area contributed by atoms with Crippen LogP contribution in [0.25, 0.3) is 5.70 Å². The number of pyridine rings is 1. The van der Waals surface area contributed by atoms with Crippen molar-refractivity contribution in [2.24, 2.45) is 11.6 Å². The summed E-state index contributed by atoms with van der Waals surface area (Å²) in [6.45, 7) is 2.86. The van der Waals surface area contributed by atoms with Crippen LogP contribution in [0.3, 0.4) is 0 Å².